The van der Waals surface area contributed by atoms with Gasteiger partial charge in [-0.3, -0.25) is 19.9 Å². The number of non-ortho nitro benzene ring substituents is 1. The highest BCUT2D eigenvalue weighted by atomic mass is 16.6. The number of aromatic nitrogens is 2. The van der Waals surface area contributed by atoms with E-state index in [1.54, 1.807) is 35.2 Å². The van der Waals surface area contributed by atoms with Crippen molar-refractivity contribution in [2.24, 2.45) is 0 Å². The first-order chi connectivity index (χ1) is 11.6. The summed E-state index contributed by atoms with van der Waals surface area (Å²) in [4.78, 5) is 26.9. The second-order valence-corrected chi connectivity index (χ2v) is 5.33. The molecule has 0 aliphatic carbocycles. The second-order valence-electron chi connectivity index (χ2n) is 5.33. The van der Waals surface area contributed by atoms with E-state index in [-0.39, 0.29) is 18.1 Å². The summed E-state index contributed by atoms with van der Waals surface area (Å²) in [7, 11) is 0. The molecule has 3 rings (SSSR count). The number of carbonyl (C=O) groups is 1. The lowest BCUT2D eigenvalue weighted by atomic mass is 10.2. The maximum Gasteiger partial charge on any atom is 0.278 e. The zero-order valence-electron chi connectivity index (χ0n) is 12.9. The van der Waals surface area contributed by atoms with Crippen molar-refractivity contribution < 1.29 is 9.72 Å². The average Bonchev–Trinajstić information content (AvgIpc) is 2.98. The number of nitro groups is 1. The fraction of sp³-hybridized carbons (Fsp3) is 0.176. The largest absolute Gasteiger partial charge is 0.354 e. The smallest absolute Gasteiger partial charge is 0.278 e. The molecule has 0 radical (unpaired) electrons. The molecule has 0 saturated heterocycles. The Kier molecular flexibility index (Phi) is 4.51. The molecule has 0 aliphatic rings. The van der Waals surface area contributed by atoms with Gasteiger partial charge in [0.2, 0.25) is 5.91 Å². The van der Waals surface area contributed by atoms with Crippen LogP contribution < -0.4 is 5.32 Å². The van der Waals surface area contributed by atoms with Crippen LogP contribution in [0.4, 0.5) is 5.69 Å². The van der Waals surface area contributed by atoms with Gasteiger partial charge >= 0.3 is 0 Å². The highest BCUT2D eigenvalue weighted by molar-refractivity contribution is 5.90. The molecule has 2 aromatic heterocycles. The molecule has 0 spiro atoms. The van der Waals surface area contributed by atoms with Crippen molar-refractivity contribution in [2.45, 2.75) is 13.0 Å². The molecule has 1 aromatic carbocycles. The van der Waals surface area contributed by atoms with Crippen molar-refractivity contribution in [3.05, 3.63) is 70.7 Å². The zero-order valence-corrected chi connectivity index (χ0v) is 12.9. The predicted octanol–water partition coefficient (Wildman–Crippen LogP) is 2.30. The van der Waals surface area contributed by atoms with E-state index in [9.17, 15) is 14.9 Å². The van der Waals surface area contributed by atoms with Gasteiger partial charge in [-0.2, -0.15) is 0 Å². The van der Waals surface area contributed by atoms with Gasteiger partial charge < -0.3 is 9.88 Å². The maximum absolute atomic E-state index is 12.1. The molecule has 2 heterocycles. The Morgan fingerprint density at radius 3 is 2.83 bits per heavy atom. The third-order valence-electron chi connectivity index (χ3n) is 3.73. The van der Waals surface area contributed by atoms with Crippen LogP contribution in [-0.2, 0) is 17.8 Å². The minimum Gasteiger partial charge on any atom is -0.354 e. The van der Waals surface area contributed by atoms with Gasteiger partial charge in [-0.1, -0.05) is 12.1 Å². The number of fused-ring (bicyclic) bond motifs is 1. The number of hydrogen-bond acceptors (Lipinski definition) is 4. The fourth-order valence-electron chi connectivity index (χ4n) is 2.59. The van der Waals surface area contributed by atoms with Crippen LogP contribution in [0.1, 0.15) is 5.69 Å². The SMILES string of the molecule is O=C(Cn1ccc2c([N+](=O)[O-])cccc21)NCCc1ccccn1. The van der Waals surface area contributed by atoms with Crippen molar-refractivity contribution in [2.75, 3.05) is 6.54 Å². The third kappa shape index (κ3) is 3.40. The fourth-order valence-corrected chi connectivity index (χ4v) is 2.59. The zero-order chi connectivity index (χ0) is 16.9. The van der Waals surface area contributed by atoms with Crippen LogP contribution in [-0.4, -0.2) is 26.9 Å². The third-order valence-corrected chi connectivity index (χ3v) is 3.73. The number of hydrogen-bond donors (Lipinski definition) is 1. The highest BCUT2D eigenvalue weighted by Gasteiger charge is 2.14. The van der Waals surface area contributed by atoms with Gasteiger partial charge in [0, 0.05) is 37.1 Å². The van der Waals surface area contributed by atoms with Crippen molar-refractivity contribution in [3.63, 3.8) is 0 Å². The standard InChI is InChI=1S/C17H16N4O3/c22-17(19-10-7-13-4-1-2-9-18-13)12-20-11-8-14-15(20)5-3-6-16(14)21(23)24/h1-6,8-9,11H,7,10,12H2,(H,19,22). The molecular weight excluding hydrogens is 308 g/mol. The Balaban J connectivity index is 1.63. The number of benzene rings is 1. The van der Waals surface area contributed by atoms with Crippen LogP contribution in [0, 0.1) is 10.1 Å². The summed E-state index contributed by atoms with van der Waals surface area (Å²) in [5, 5.41) is 14.4. The quantitative estimate of drug-likeness (QED) is 0.556. The number of amides is 1. The summed E-state index contributed by atoms with van der Waals surface area (Å²) >= 11 is 0. The summed E-state index contributed by atoms with van der Waals surface area (Å²) in [6.45, 7) is 0.613. The Morgan fingerprint density at radius 1 is 1.21 bits per heavy atom. The lowest BCUT2D eigenvalue weighted by Gasteiger charge is -2.07. The Morgan fingerprint density at radius 2 is 2.08 bits per heavy atom. The molecule has 1 amide bonds. The molecule has 1 N–H and O–H groups in total. The van der Waals surface area contributed by atoms with E-state index < -0.39 is 4.92 Å². The van der Waals surface area contributed by atoms with Crippen LogP contribution in [0.2, 0.25) is 0 Å². The van der Waals surface area contributed by atoms with E-state index in [1.165, 1.54) is 6.07 Å². The number of carbonyl (C=O) groups excluding carboxylic acids is 1. The van der Waals surface area contributed by atoms with E-state index in [2.05, 4.69) is 10.3 Å². The average molecular weight is 324 g/mol. The summed E-state index contributed by atoms with van der Waals surface area (Å²) < 4.78 is 1.71. The van der Waals surface area contributed by atoms with Crippen LogP contribution in [0.15, 0.2) is 54.9 Å². The van der Waals surface area contributed by atoms with Gasteiger partial charge in [-0.05, 0) is 24.3 Å². The van der Waals surface area contributed by atoms with Crippen molar-refractivity contribution in [1.29, 1.82) is 0 Å². The van der Waals surface area contributed by atoms with Crippen molar-refractivity contribution in [3.8, 4) is 0 Å². The first-order valence-corrected chi connectivity index (χ1v) is 7.54. The number of pyridine rings is 1. The van der Waals surface area contributed by atoms with Gasteiger partial charge in [0.05, 0.1) is 15.8 Å². The summed E-state index contributed by atoms with van der Waals surface area (Å²) in [6.07, 6.45) is 4.07. The minimum atomic E-state index is -0.417. The van der Waals surface area contributed by atoms with Gasteiger partial charge in [-0.25, -0.2) is 0 Å². The van der Waals surface area contributed by atoms with Crippen LogP contribution in [0.5, 0.6) is 0 Å². The van der Waals surface area contributed by atoms with Crippen molar-refractivity contribution in [1.82, 2.24) is 14.9 Å². The Hall–Kier alpha value is -3.22. The van der Waals surface area contributed by atoms with Crippen LogP contribution in [0.25, 0.3) is 10.9 Å². The van der Waals surface area contributed by atoms with E-state index in [0.717, 1.165) is 5.69 Å². The van der Waals surface area contributed by atoms with Crippen LogP contribution in [0.3, 0.4) is 0 Å². The van der Waals surface area contributed by atoms with Gasteiger partial charge in [0.1, 0.15) is 6.54 Å². The monoisotopic (exact) mass is 324 g/mol. The molecule has 7 heteroatoms. The summed E-state index contributed by atoms with van der Waals surface area (Å²) in [6, 6.07) is 12.2. The van der Waals surface area contributed by atoms with E-state index in [0.29, 0.717) is 23.9 Å². The van der Waals surface area contributed by atoms with Gasteiger partial charge in [0.25, 0.3) is 5.69 Å². The topological polar surface area (TPSA) is 90.1 Å². The molecule has 0 bridgehead atoms. The lowest BCUT2D eigenvalue weighted by Crippen LogP contribution is -2.29. The number of nitrogens with zero attached hydrogens (tertiary/aromatic N) is 3. The molecule has 0 unspecified atom stereocenters. The van der Waals surface area contributed by atoms with Crippen molar-refractivity contribution >= 4 is 22.5 Å². The molecule has 3 aromatic rings. The Labute approximate surface area is 138 Å². The molecule has 24 heavy (non-hydrogen) atoms. The lowest BCUT2D eigenvalue weighted by molar-refractivity contribution is -0.383. The summed E-state index contributed by atoms with van der Waals surface area (Å²) in [5.41, 5.74) is 1.63. The molecule has 7 nitrogen and oxygen atoms in total. The second kappa shape index (κ2) is 6.91. The first kappa shape index (κ1) is 15.7. The van der Waals surface area contributed by atoms with Gasteiger partial charge in [-0.15, -0.1) is 0 Å². The number of rotatable bonds is 6. The summed E-state index contributed by atoms with van der Waals surface area (Å²) in [5.74, 6) is -0.144. The number of nitro benzene ring substituents is 1. The predicted molar refractivity (Wildman–Crippen MR) is 89.5 cm³/mol. The van der Waals surface area contributed by atoms with E-state index >= 15 is 0 Å². The molecular formula is C17H16N4O3. The highest BCUT2D eigenvalue weighted by Crippen LogP contribution is 2.26. The Bertz CT molecular complexity index is 874. The molecule has 0 saturated carbocycles. The molecule has 0 atom stereocenters. The van der Waals surface area contributed by atoms with Gasteiger partial charge in [0.15, 0.2) is 0 Å². The maximum atomic E-state index is 12.1. The normalized spacial score (nSPS) is 10.7. The molecule has 122 valence electrons. The minimum absolute atomic E-state index is 0.0433. The first-order valence-electron chi connectivity index (χ1n) is 7.54. The molecule has 0 aliphatic heterocycles. The van der Waals surface area contributed by atoms with E-state index in [4.69, 9.17) is 0 Å². The van der Waals surface area contributed by atoms with Crippen LogP contribution >= 0.6 is 0 Å². The molecule has 0 fully saturated rings. The van der Waals surface area contributed by atoms with E-state index in [1.807, 2.05) is 18.2 Å². The number of nitrogens with one attached hydrogen (secondary N) is 1.